The van der Waals surface area contributed by atoms with E-state index in [-0.39, 0.29) is 17.1 Å². The lowest BCUT2D eigenvalue weighted by Crippen LogP contribution is -2.42. The topological polar surface area (TPSA) is 71.1 Å². The quantitative estimate of drug-likeness (QED) is 0.789. The van der Waals surface area contributed by atoms with Gasteiger partial charge >= 0.3 is 6.18 Å². The summed E-state index contributed by atoms with van der Waals surface area (Å²) in [5, 5.41) is 4.35. The van der Waals surface area contributed by atoms with Crippen LogP contribution in [-0.4, -0.2) is 30.7 Å². The van der Waals surface area contributed by atoms with Crippen molar-refractivity contribution < 1.29 is 21.6 Å². The summed E-state index contributed by atoms with van der Waals surface area (Å²) in [5.74, 6) is 0.247. The smallest absolute Gasteiger partial charge is 0.359 e. The zero-order chi connectivity index (χ0) is 18.9. The van der Waals surface area contributed by atoms with Crippen LogP contribution in [0.15, 0.2) is 5.38 Å². The first kappa shape index (κ1) is 20.4. The van der Waals surface area contributed by atoms with E-state index in [0.717, 1.165) is 42.4 Å². The third-order valence-electron chi connectivity index (χ3n) is 4.34. The SMILES string of the molecule is CC(C)(C)S(=O)(=O)NC[C@H]1CC[C@H](Nc2nc(C(F)(F)F)cs2)CC1. The Morgan fingerprint density at radius 2 is 1.80 bits per heavy atom. The van der Waals surface area contributed by atoms with Crippen molar-refractivity contribution in [3.63, 3.8) is 0 Å². The molecule has 0 bridgehead atoms. The number of aromatic nitrogens is 1. The van der Waals surface area contributed by atoms with Crippen molar-refractivity contribution in [1.29, 1.82) is 0 Å². The molecule has 1 aromatic heterocycles. The number of nitrogens with one attached hydrogen (secondary N) is 2. The molecule has 0 spiro atoms. The van der Waals surface area contributed by atoms with Crippen molar-refractivity contribution >= 4 is 26.5 Å². The largest absolute Gasteiger partial charge is 0.434 e. The summed E-state index contributed by atoms with van der Waals surface area (Å²) in [7, 11) is -3.35. The number of nitrogens with zero attached hydrogens (tertiary/aromatic N) is 1. The van der Waals surface area contributed by atoms with Crippen LogP contribution in [0.25, 0.3) is 0 Å². The maximum Gasteiger partial charge on any atom is 0.434 e. The molecule has 0 saturated heterocycles. The van der Waals surface area contributed by atoms with Gasteiger partial charge in [0.25, 0.3) is 0 Å². The molecule has 1 saturated carbocycles. The second-order valence-electron chi connectivity index (χ2n) is 7.36. The van der Waals surface area contributed by atoms with Gasteiger partial charge in [0.2, 0.25) is 10.0 Å². The van der Waals surface area contributed by atoms with Gasteiger partial charge in [-0.25, -0.2) is 18.1 Å². The van der Waals surface area contributed by atoms with Crippen LogP contribution in [0.3, 0.4) is 0 Å². The normalized spacial score (nSPS) is 22.8. The van der Waals surface area contributed by atoms with Crippen molar-refractivity contribution in [2.24, 2.45) is 5.92 Å². The Bertz CT molecular complexity index is 673. The fourth-order valence-electron chi connectivity index (χ4n) is 2.60. The standard InChI is InChI=1S/C15H24F3N3O2S2/c1-14(2,3)25(22,23)19-8-10-4-6-11(7-5-10)20-13-21-12(9-24-13)15(16,17)18/h9-11,19H,4-8H2,1-3H3,(H,20,21)/t10-,11-. The molecule has 1 aliphatic rings. The van der Waals surface area contributed by atoms with Crippen LogP contribution in [0.4, 0.5) is 18.3 Å². The minimum Gasteiger partial charge on any atom is -0.359 e. The van der Waals surface area contributed by atoms with Crippen LogP contribution in [0.1, 0.15) is 52.1 Å². The van der Waals surface area contributed by atoms with Crippen LogP contribution in [0.2, 0.25) is 0 Å². The maximum absolute atomic E-state index is 12.6. The summed E-state index contributed by atoms with van der Waals surface area (Å²) >= 11 is 0.953. The van der Waals surface area contributed by atoms with Gasteiger partial charge in [-0.05, 0) is 52.4 Å². The van der Waals surface area contributed by atoms with E-state index >= 15 is 0 Å². The molecule has 1 fully saturated rings. The van der Waals surface area contributed by atoms with Gasteiger partial charge in [-0.15, -0.1) is 11.3 Å². The first-order valence-electron chi connectivity index (χ1n) is 8.17. The molecule has 0 atom stereocenters. The van der Waals surface area contributed by atoms with Crippen LogP contribution in [0.5, 0.6) is 0 Å². The summed E-state index contributed by atoms with van der Waals surface area (Å²) in [6.45, 7) is 5.36. The molecule has 144 valence electrons. The Hall–Kier alpha value is -0.870. The Labute approximate surface area is 150 Å². The molecule has 0 radical (unpaired) electrons. The van der Waals surface area contributed by atoms with E-state index in [0.29, 0.717) is 6.54 Å². The zero-order valence-electron chi connectivity index (χ0n) is 14.5. The number of anilines is 1. The second-order valence-corrected chi connectivity index (χ2v) is 10.7. The number of hydrogen-bond donors (Lipinski definition) is 2. The van der Waals surface area contributed by atoms with E-state index in [1.54, 1.807) is 20.8 Å². The Morgan fingerprint density at radius 1 is 1.20 bits per heavy atom. The fourth-order valence-corrected chi connectivity index (χ4v) is 4.28. The van der Waals surface area contributed by atoms with E-state index in [4.69, 9.17) is 0 Å². The van der Waals surface area contributed by atoms with Crippen molar-refractivity contribution in [3.05, 3.63) is 11.1 Å². The summed E-state index contributed by atoms with van der Waals surface area (Å²) in [5.41, 5.74) is -0.870. The number of rotatable bonds is 5. The fraction of sp³-hybridized carbons (Fsp3) is 0.800. The molecule has 25 heavy (non-hydrogen) atoms. The van der Waals surface area contributed by atoms with Crippen LogP contribution >= 0.6 is 11.3 Å². The number of sulfonamides is 1. The number of thiazole rings is 1. The average molecular weight is 400 g/mol. The molecule has 0 unspecified atom stereocenters. The van der Waals surface area contributed by atoms with Gasteiger partial charge in [0, 0.05) is 18.0 Å². The molecule has 5 nitrogen and oxygen atoms in total. The van der Waals surface area contributed by atoms with Gasteiger partial charge in [0.05, 0.1) is 4.75 Å². The third kappa shape index (κ3) is 5.55. The summed E-state index contributed by atoms with van der Waals surface area (Å²) < 4.78 is 63.6. The molecule has 0 aromatic carbocycles. The Kier molecular flexibility index (Phi) is 6.05. The van der Waals surface area contributed by atoms with Gasteiger partial charge in [0.15, 0.2) is 10.8 Å². The Balaban J connectivity index is 1.79. The molecule has 1 aliphatic carbocycles. The average Bonchev–Trinajstić information content (AvgIpc) is 2.94. The third-order valence-corrected chi connectivity index (χ3v) is 7.27. The van der Waals surface area contributed by atoms with Crippen molar-refractivity contribution in [2.75, 3.05) is 11.9 Å². The molecule has 0 aliphatic heterocycles. The van der Waals surface area contributed by atoms with E-state index < -0.39 is 26.6 Å². The summed E-state index contributed by atoms with van der Waals surface area (Å²) in [6.07, 6.45) is -1.21. The van der Waals surface area contributed by atoms with Gasteiger partial charge in [-0.2, -0.15) is 13.2 Å². The van der Waals surface area contributed by atoms with Crippen molar-refractivity contribution in [3.8, 4) is 0 Å². The highest BCUT2D eigenvalue weighted by Gasteiger charge is 2.34. The van der Waals surface area contributed by atoms with Crippen molar-refractivity contribution in [1.82, 2.24) is 9.71 Å². The van der Waals surface area contributed by atoms with Gasteiger partial charge < -0.3 is 5.32 Å². The van der Waals surface area contributed by atoms with Crippen molar-refractivity contribution in [2.45, 2.75) is 63.4 Å². The van der Waals surface area contributed by atoms with Gasteiger partial charge in [-0.1, -0.05) is 0 Å². The lowest BCUT2D eigenvalue weighted by atomic mass is 9.86. The molecule has 0 amide bonds. The van der Waals surface area contributed by atoms with E-state index in [1.807, 2.05) is 0 Å². The summed E-state index contributed by atoms with van der Waals surface area (Å²) in [6, 6.07) is 0.0720. The first-order chi connectivity index (χ1) is 11.4. The van der Waals surface area contributed by atoms with Crippen LogP contribution in [0, 0.1) is 5.92 Å². The highest BCUT2D eigenvalue weighted by atomic mass is 32.2. The first-order valence-corrected chi connectivity index (χ1v) is 10.5. The van der Waals surface area contributed by atoms with E-state index in [9.17, 15) is 21.6 Å². The lowest BCUT2D eigenvalue weighted by molar-refractivity contribution is -0.140. The summed E-state index contributed by atoms with van der Waals surface area (Å²) in [4.78, 5) is 3.58. The number of hydrogen-bond acceptors (Lipinski definition) is 5. The molecule has 1 heterocycles. The number of halogens is 3. The van der Waals surface area contributed by atoms with E-state index in [1.165, 1.54) is 0 Å². The zero-order valence-corrected chi connectivity index (χ0v) is 16.1. The van der Waals surface area contributed by atoms with Crippen LogP contribution < -0.4 is 10.0 Å². The molecule has 10 heteroatoms. The highest BCUT2D eigenvalue weighted by Crippen LogP contribution is 2.33. The second kappa shape index (κ2) is 7.40. The van der Waals surface area contributed by atoms with E-state index in [2.05, 4.69) is 15.0 Å². The highest BCUT2D eigenvalue weighted by molar-refractivity contribution is 7.90. The maximum atomic E-state index is 12.6. The molecular weight excluding hydrogens is 375 g/mol. The van der Waals surface area contributed by atoms with Gasteiger partial charge in [0.1, 0.15) is 0 Å². The number of alkyl halides is 3. The molecule has 1 aromatic rings. The molecule has 2 rings (SSSR count). The Morgan fingerprint density at radius 3 is 2.28 bits per heavy atom. The predicted octanol–water partition coefficient (Wildman–Crippen LogP) is 3.85. The minimum absolute atomic E-state index is 0.0720. The molecular formula is C15H24F3N3O2S2. The predicted molar refractivity (Wildman–Crippen MR) is 93.2 cm³/mol. The monoisotopic (exact) mass is 399 g/mol. The minimum atomic E-state index is -4.42. The van der Waals surface area contributed by atoms with Crippen LogP contribution in [-0.2, 0) is 16.2 Å². The van der Waals surface area contributed by atoms with Gasteiger partial charge in [-0.3, -0.25) is 0 Å². The molecule has 2 N–H and O–H groups in total. The lowest BCUT2D eigenvalue weighted by Gasteiger charge is -2.30.